The van der Waals surface area contributed by atoms with E-state index in [1.54, 1.807) is 0 Å². The Labute approximate surface area is 133 Å². The molecule has 3 rings (SSSR count). The average Bonchev–Trinajstić information content (AvgIpc) is 3.03. The topological polar surface area (TPSA) is 29.5 Å². The van der Waals surface area contributed by atoms with Crippen LogP contribution >= 0.6 is 0 Å². The molecule has 1 aromatic carbocycles. The van der Waals surface area contributed by atoms with Gasteiger partial charge in [-0.25, -0.2) is 4.79 Å². The second-order valence-electron chi connectivity index (χ2n) is 6.77. The number of benzene rings is 1. The van der Waals surface area contributed by atoms with Crippen LogP contribution in [0.1, 0.15) is 56.9 Å². The maximum Gasteiger partial charge on any atom is 0.410 e. The van der Waals surface area contributed by atoms with Gasteiger partial charge in [0.2, 0.25) is 0 Å². The van der Waals surface area contributed by atoms with E-state index in [0.29, 0.717) is 12.6 Å². The Hall–Kier alpha value is -1.51. The normalized spacial score (nSPS) is 22.7. The van der Waals surface area contributed by atoms with Gasteiger partial charge in [0.25, 0.3) is 0 Å². The van der Waals surface area contributed by atoms with Crippen molar-refractivity contribution in [1.82, 2.24) is 4.90 Å². The van der Waals surface area contributed by atoms with Crippen molar-refractivity contribution in [2.24, 2.45) is 5.92 Å². The maximum atomic E-state index is 12.4. The summed E-state index contributed by atoms with van der Waals surface area (Å²) in [6, 6.07) is 10.3. The van der Waals surface area contributed by atoms with Crippen molar-refractivity contribution in [3.05, 3.63) is 35.9 Å². The molecule has 2 aliphatic rings. The Morgan fingerprint density at radius 1 is 1.05 bits per heavy atom. The van der Waals surface area contributed by atoms with E-state index in [1.807, 2.05) is 35.2 Å². The minimum absolute atomic E-state index is 0.123. The van der Waals surface area contributed by atoms with Gasteiger partial charge in [0.05, 0.1) is 0 Å². The Morgan fingerprint density at radius 3 is 2.59 bits per heavy atom. The Balaban J connectivity index is 1.49. The fraction of sp³-hybridized carbons (Fsp3) is 0.632. The van der Waals surface area contributed by atoms with E-state index in [4.69, 9.17) is 4.74 Å². The summed E-state index contributed by atoms with van der Waals surface area (Å²) in [5.41, 5.74) is 1.05. The molecule has 0 bridgehead atoms. The summed E-state index contributed by atoms with van der Waals surface area (Å²) in [5, 5.41) is 0. The van der Waals surface area contributed by atoms with E-state index in [0.717, 1.165) is 30.9 Å². The third kappa shape index (κ3) is 4.02. The summed E-state index contributed by atoms with van der Waals surface area (Å²) in [4.78, 5) is 14.4. The monoisotopic (exact) mass is 301 g/mol. The molecule has 2 fully saturated rings. The van der Waals surface area contributed by atoms with Crippen LogP contribution in [0.5, 0.6) is 0 Å². The fourth-order valence-corrected chi connectivity index (χ4v) is 3.93. The van der Waals surface area contributed by atoms with E-state index in [-0.39, 0.29) is 6.09 Å². The smallest absolute Gasteiger partial charge is 0.410 e. The highest BCUT2D eigenvalue weighted by molar-refractivity contribution is 5.68. The molecular formula is C19H27NO2. The number of amides is 1. The molecule has 1 unspecified atom stereocenters. The third-order valence-corrected chi connectivity index (χ3v) is 5.15. The zero-order valence-electron chi connectivity index (χ0n) is 13.4. The van der Waals surface area contributed by atoms with Crippen LogP contribution in [0.2, 0.25) is 0 Å². The van der Waals surface area contributed by atoms with Crippen molar-refractivity contribution < 1.29 is 9.53 Å². The molecular weight excluding hydrogens is 274 g/mol. The van der Waals surface area contributed by atoms with Crippen LogP contribution in [0.3, 0.4) is 0 Å². The second kappa shape index (κ2) is 7.66. The van der Waals surface area contributed by atoms with Gasteiger partial charge in [-0.3, -0.25) is 0 Å². The lowest BCUT2D eigenvalue weighted by Crippen LogP contribution is -2.37. The number of likely N-dealkylation sites (tertiary alicyclic amines) is 1. The zero-order chi connectivity index (χ0) is 15.2. The van der Waals surface area contributed by atoms with Crippen LogP contribution in [-0.4, -0.2) is 23.6 Å². The summed E-state index contributed by atoms with van der Waals surface area (Å²) in [7, 11) is 0. The first-order valence-corrected chi connectivity index (χ1v) is 8.80. The highest BCUT2D eigenvalue weighted by atomic mass is 16.6. The fourth-order valence-electron chi connectivity index (χ4n) is 3.93. The van der Waals surface area contributed by atoms with E-state index in [9.17, 15) is 4.79 Å². The summed E-state index contributed by atoms with van der Waals surface area (Å²) in [5.74, 6) is 0.821. The van der Waals surface area contributed by atoms with Gasteiger partial charge in [-0.2, -0.15) is 0 Å². The molecule has 3 nitrogen and oxygen atoms in total. The first-order valence-electron chi connectivity index (χ1n) is 8.80. The van der Waals surface area contributed by atoms with Crippen LogP contribution < -0.4 is 0 Å². The van der Waals surface area contributed by atoms with Crippen molar-refractivity contribution in [3.63, 3.8) is 0 Å². The summed E-state index contributed by atoms with van der Waals surface area (Å²) < 4.78 is 5.52. The first-order chi connectivity index (χ1) is 10.8. The third-order valence-electron chi connectivity index (χ3n) is 5.15. The molecule has 120 valence electrons. The Morgan fingerprint density at radius 2 is 1.82 bits per heavy atom. The Kier molecular flexibility index (Phi) is 5.36. The van der Waals surface area contributed by atoms with Gasteiger partial charge >= 0.3 is 6.09 Å². The van der Waals surface area contributed by atoms with Gasteiger partial charge in [-0.15, -0.1) is 0 Å². The lowest BCUT2D eigenvalue weighted by Gasteiger charge is -2.29. The van der Waals surface area contributed by atoms with E-state index in [1.165, 1.54) is 38.5 Å². The van der Waals surface area contributed by atoms with Crippen LogP contribution in [0.15, 0.2) is 30.3 Å². The van der Waals surface area contributed by atoms with Gasteiger partial charge in [0.15, 0.2) is 0 Å². The number of carbonyl (C=O) groups is 1. The molecule has 1 amide bonds. The van der Waals surface area contributed by atoms with Crippen molar-refractivity contribution in [2.75, 3.05) is 6.54 Å². The zero-order valence-corrected chi connectivity index (χ0v) is 13.4. The molecule has 1 aromatic rings. The number of rotatable bonds is 4. The standard InChI is InChI=1S/C19H27NO2/c21-19(22-15-17-10-5-2-6-11-17)20-13-7-12-18(20)14-16-8-3-1-4-9-16/h2,5-6,10-11,16,18H,1,3-4,7-9,12-15H2. The molecule has 1 aliphatic carbocycles. The predicted octanol–water partition coefficient (Wildman–Crippen LogP) is 4.76. The minimum atomic E-state index is -0.123. The molecule has 0 spiro atoms. The molecule has 0 N–H and O–H groups in total. The summed E-state index contributed by atoms with van der Waals surface area (Å²) >= 11 is 0. The van der Waals surface area contributed by atoms with Crippen molar-refractivity contribution in [1.29, 1.82) is 0 Å². The molecule has 1 saturated carbocycles. The van der Waals surface area contributed by atoms with E-state index in [2.05, 4.69) is 0 Å². The van der Waals surface area contributed by atoms with Gasteiger partial charge in [-0.05, 0) is 30.7 Å². The summed E-state index contributed by atoms with van der Waals surface area (Å²) in [6.07, 6.45) is 10.2. The van der Waals surface area contributed by atoms with Gasteiger partial charge in [0, 0.05) is 12.6 Å². The van der Waals surface area contributed by atoms with E-state index >= 15 is 0 Å². The number of hydrogen-bond donors (Lipinski definition) is 0. The molecule has 1 aliphatic heterocycles. The Bertz CT molecular complexity index is 468. The number of nitrogens with zero attached hydrogens (tertiary/aromatic N) is 1. The maximum absolute atomic E-state index is 12.4. The molecule has 0 radical (unpaired) electrons. The van der Waals surface area contributed by atoms with Gasteiger partial charge in [-0.1, -0.05) is 62.4 Å². The lowest BCUT2D eigenvalue weighted by molar-refractivity contribution is 0.0866. The van der Waals surface area contributed by atoms with Crippen LogP contribution in [0, 0.1) is 5.92 Å². The molecule has 1 saturated heterocycles. The SMILES string of the molecule is O=C(OCc1ccccc1)N1CCCC1CC1CCCCC1. The first kappa shape index (κ1) is 15.4. The number of ether oxygens (including phenoxy) is 1. The van der Waals surface area contributed by atoms with Crippen LogP contribution in [-0.2, 0) is 11.3 Å². The summed E-state index contributed by atoms with van der Waals surface area (Å²) in [6.45, 7) is 1.25. The highest BCUT2D eigenvalue weighted by Crippen LogP contribution is 2.32. The molecule has 3 heteroatoms. The average molecular weight is 301 g/mol. The van der Waals surface area contributed by atoms with Crippen molar-refractivity contribution in [3.8, 4) is 0 Å². The van der Waals surface area contributed by atoms with Crippen LogP contribution in [0.4, 0.5) is 4.79 Å². The molecule has 0 aromatic heterocycles. The number of carbonyl (C=O) groups excluding carboxylic acids is 1. The van der Waals surface area contributed by atoms with Crippen molar-refractivity contribution >= 4 is 6.09 Å². The van der Waals surface area contributed by atoms with E-state index < -0.39 is 0 Å². The van der Waals surface area contributed by atoms with Gasteiger partial charge in [0.1, 0.15) is 6.61 Å². The minimum Gasteiger partial charge on any atom is -0.445 e. The number of hydrogen-bond acceptors (Lipinski definition) is 2. The molecule has 1 atom stereocenters. The lowest BCUT2D eigenvalue weighted by atomic mass is 9.84. The largest absolute Gasteiger partial charge is 0.445 e. The highest BCUT2D eigenvalue weighted by Gasteiger charge is 2.32. The molecule has 22 heavy (non-hydrogen) atoms. The van der Waals surface area contributed by atoms with Gasteiger partial charge < -0.3 is 9.64 Å². The molecule has 1 heterocycles. The predicted molar refractivity (Wildman–Crippen MR) is 87.5 cm³/mol. The van der Waals surface area contributed by atoms with Crippen molar-refractivity contribution in [2.45, 2.75) is 64.0 Å². The second-order valence-corrected chi connectivity index (χ2v) is 6.77. The quantitative estimate of drug-likeness (QED) is 0.802. The van der Waals surface area contributed by atoms with Crippen LogP contribution in [0.25, 0.3) is 0 Å².